The monoisotopic (exact) mass is 275 g/mol. The number of nitrogens with one attached hydrogen (secondary N) is 2. The van der Waals surface area contributed by atoms with Crippen LogP contribution in [0.1, 0.15) is 12.1 Å². The molecule has 0 fully saturated rings. The van der Waals surface area contributed by atoms with E-state index in [4.69, 9.17) is 24.4 Å². The van der Waals surface area contributed by atoms with Gasteiger partial charge in [0.25, 0.3) is 0 Å². The number of terminal acetylenes is 1. The Bertz CT molecular complexity index is 464. The minimum atomic E-state index is 0.160. The van der Waals surface area contributed by atoms with E-state index in [2.05, 4.69) is 26.5 Å². The Labute approximate surface area is 118 Å². The van der Waals surface area contributed by atoms with Gasteiger partial charge >= 0.3 is 0 Å². The smallest absolute Gasteiger partial charge is 0.198 e. The molecule has 0 amide bonds. The van der Waals surface area contributed by atoms with Gasteiger partial charge in [0.2, 0.25) is 0 Å². The van der Waals surface area contributed by atoms with Crippen LogP contribution >= 0.6 is 12.2 Å². The Morgan fingerprint density at radius 3 is 3.00 bits per heavy atom. The molecule has 0 aliphatic rings. The standard InChI is InChI=1S/C13H17N5S/c1-2-8-16-13(18-12(14)19)17-10-5-7-11-6-3-4-9-15-11/h1,3-4,6,9H,5,7-8,10H2,(H4,14,16,17,18,19). The maximum Gasteiger partial charge on any atom is 0.198 e. The van der Waals surface area contributed by atoms with Gasteiger partial charge in [0.1, 0.15) is 0 Å². The molecule has 1 aromatic rings. The lowest BCUT2D eigenvalue weighted by molar-refractivity contribution is 0.801. The summed E-state index contributed by atoms with van der Waals surface area (Å²) in [5, 5.41) is 5.83. The van der Waals surface area contributed by atoms with E-state index in [1.54, 1.807) is 6.20 Å². The molecule has 0 radical (unpaired) electrons. The molecule has 0 saturated carbocycles. The van der Waals surface area contributed by atoms with Crippen LogP contribution in [0, 0.1) is 12.3 Å². The maximum atomic E-state index is 5.40. The average Bonchev–Trinajstić information content (AvgIpc) is 2.41. The number of pyridine rings is 1. The molecule has 5 nitrogen and oxygen atoms in total. The summed E-state index contributed by atoms with van der Waals surface area (Å²) in [5.74, 6) is 2.97. The number of nitrogens with zero attached hydrogens (tertiary/aromatic N) is 2. The summed E-state index contributed by atoms with van der Waals surface area (Å²) in [5.41, 5.74) is 6.45. The van der Waals surface area contributed by atoms with Gasteiger partial charge in [-0.1, -0.05) is 12.0 Å². The van der Waals surface area contributed by atoms with Crippen molar-refractivity contribution in [1.82, 2.24) is 15.6 Å². The zero-order chi connectivity index (χ0) is 13.9. The average molecular weight is 275 g/mol. The van der Waals surface area contributed by atoms with E-state index in [1.807, 2.05) is 18.2 Å². The zero-order valence-electron chi connectivity index (χ0n) is 10.6. The van der Waals surface area contributed by atoms with E-state index in [-0.39, 0.29) is 5.11 Å². The highest BCUT2D eigenvalue weighted by Crippen LogP contribution is 1.98. The molecular weight excluding hydrogens is 258 g/mol. The Balaban J connectivity index is 2.38. The molecule has 1 rings (SSSR count). The molecule has 19 heavy (non-hydrogen) atoms. The Kier molecular flexibility index (Phi) is 6.98. The molecule has 0 bridgehead atoms. The third-order valence-electron chi connectivity index (χ3n) is 2.19. The van der Waals surface area contributed by atoms with E-state index < -0.39 is 0 Å². The quantitative estimate of drug-likeness (QED) is 0.239. The van der Waals surface area contributed by atoms with E-state index in [0.29, 0.717) is 19.0 Å². The fourth-order valence-electron chi connectivity index (χ4n) is 1.39. The van der Waals surface area contributed by atoms with Crippen LogP contribution in [0.5, 0.6) is 0 Å². The first-order valence-electron chi connectivity index (χ1n) is 5.90. The number of rotatable bonds is 5. The lowest BCUT2D eigenvalue weighted by Crippen LogP contribution is -2.43. The Morgan fingerprint density at radius 2 is 2.37 bits per heavy atom. The molecule has 1 aromatic heterocycles. The lowest BCUT2D eigenvalue weighted by atomic mass is 10.2. The second-order valence-corrected chi connectivity index (χ2v) is 4.14. The normalized spacial score (nSPS) is 10.6. The highest BCUT2D eigenvalue weighted by molar-refractivity contribution is 7.80. The van der Waals surface area contributed by atoms with Crippen LogP contribution in [-0.4, -0.2) is 29.1 Å². The van der Waals surface area contributed by atoms with Crippen LogP contribution in [-0.2, 0) is 6.42 Å². The van der Waals surface area contributed by atoms with Gasteiger partial charge in [-0.15, -0.1) is 6.42 Å². The van der Waals surface area contributed by atoms with E-state index in [9.17, 15) is 0 Å². The van der Waals surface area contributed by atoms with Crippen molar-refractivity contribution in [1.29, 1.82) is 0 Å². The van der Waals surface area contributed by atoms with Crippen LogP contribution in [0.3, 0.4) is 0 Å². The Morgan fingerprint density at radius 1 is 1.53 bits per heavy atom. The van der Waals surface area contributed by atoms with Gasteiger partial charge < -0.3 is 16.4 Å². The van der Waals surface area contributed by atoms with Gasteiger partial charge in [0.05, 0.1) is 6.54 Å². The number of hydrogen-bond donors (Lipinski definition) is 3. The van der Waals surface area contributed by atoms with E-state index >= 15 is 0 Å². The second kappa shape index (κ2) is 8.89. The summed E-state index contributed by atoms with van der Waals surface area (Å²) in [4.78, 5) is 8.57. The first-order chi connectivity index (χ1) is 9.22. The minimum Gasteiger partial charge on any atom is -0.376 e. The molecular formula is C13H17N5S. The van der Waals surface area contributed by atoms with Crippen LogP contribution in [0.4, 0.5) is 0 Å². The fourth-order valence-corrected chi connectivity index (χ4v) is 1.48. The minimum absolute atomic E-state index is 0.160. The predicted octanol–water partition coefficient (Wildman–Crippen LogP) is 0.426. The summed E-state index contributed by atoms with van der Waals surface area (Å²) < 4.78 is 0. The van der Waals surface area contributed by atoms with Crippen molar-refractivity contribution < 1.29 is 0 Å². The highest BCUT2D eigenvalue weighted by atomic mass is 32.1. The summed E-state index contributed by atoms with van der Waals surface area (Å²) >= 11 is 4.76. The first kappa shape index (κ1) is 14.9. The third-order valence-corrected chi connectivity index (χ3v) is 2.29. The van der Waals surface area contributed by atoms with Crippen LogP contribution in [0.15, 0.2) is 29.4 Å². The first-order valence-corrected chi connectivity index (χ1v) is 6.31. The van der Waals surface area contributed by atoms with Crippen molar-refractivity contribution in [3.63, 3.8) is 0 Å². The number of thiocarbonyl (C=S) groups is 1. The molecule has 0 aliphatic carbocycles. The van der Waals surface area contributed by atoms with Gasteiger partial charge in [-0.3, -0.25) is 9.98 Å². The second-order valence-electron chi connectivity index (χ2n) is 3.70. The van der Waals surface area contributed by atoms with E-state index in [1.165, 1.54) is 0 Å². The zero-order valence-corrected chi connectivity index (χ0v) is 11.4. The topological polar surface area (TPSA) is 75.3 Å². The number of guanidine groups is 1. The van der Waals surface area contributed by atoms with Crippen molar-refractivity contribution >= 4 is 23.3 Å². The van der Waals surface area contributed by atoms with Crippen molar-refractivity contribution in [2.45, 2.75) is 12.8 Å². The molecule has 6 heteroatoms. The molecule has 0 saturated heterocycles. The van der Waals surface area contributed by atoms with Crippen LogP contribution in [0.25, 0.3) is 0 Å². The Hall–Kier alpha value is -2.13. The molecule has 0 atom stereocenters. The van der Waals surface area contributed by atoms with Crippen LogP contribution in [0.2, 0.25) is 0 Å². The van der Waals surface area contributed by atoms with Gasteiger partial charge in [-0.05, 0) is 37.2 Å². The maximum absolute atomic E-state index is 5.40. The summed E-state index contributed by atoms with van der Waals surface area (Å²) in [6, 6.07) is 5.87. The number of hydrogen-bond acceptors (Lipinski definition) is 3. The van der Waals surface area contributed by atoms with Gasteiger partial charge in [0.15, 0.2) is 11.1 Å². The SMILES string of the molecule is C#CCNC(=NCCCc1ccccn1)NC(N)=S. The highest BCUT2D eigenvalue weighted by Gasteiger charge is 1.98. The third kappa shape index (κ3) is 7.01. The van der Waals surface area contributed by atoms with Gasteiger partial charge in [-0.2, -0.15) is 0 Å². The number of aliphatic imine (C=N–C) groups is 1. The van der Waals surface area contributed by atoms with Crippen molar-refractivity contribution in [2.24, 2.45) is 10.7 Å². The van der Waals surface area contributed by atoms with Gasteiger partial charge in [-0.25, -0.2) is 0 Å². The molecule has 0 aliphatic heterocycles. The van der Waals surface area contributed by atoms with Gasteiger partial charge in [0, 0.05) is 18.4 Å². The number of aromatic nitrogens is 1. The summed E-state index contributed by atoms with van der Waals surface area (Å²) in [6.45, 7) is 1.01. The molecule has 0 unspecified atom stereocenters. The number of aryl methyl sites for hydroxylation is 1. The van der Waals surface area contributed by atoms with Crippen LogP contribution < -0.4 is 16.4 Å². The van der Waals surface area contributed by atoms with Crippen molar-refractivity contribution in [3.8, 4) is 12.3 Å². The predicted molar refractivity (Wildman–Crippen MR) is 81.6 cm³/mol. The lowest BCUT2D eigenvalue weighted by Gasteiger charge is -2.08. The number of nitrogens with two attached hydrogens (primary N) is 1. The van der Waals surface area contributed by atoms with Crippen molar-refractivity contribution in [2.75, 3.05) is 13.1 Å². The summed E-state index contributed by atoms with van der Waals surface area (Å²) in [6.07, 6.45) is 8.72. The molecule has 4 N–H and O–H groups in total. The summed E-state index contributed by atoms with van der Waals surface area (Å²) in [7, 11) is 0. The molecule has 0 aromatic carbocycles. The molecule has 100 valence electrons. The largest absolute Gasteiger partial charge is 0.376 e. The molecule has 0 spiro atoms. The van der Waals surface area contributed by atoms with Crippen molar-refractivity contribution in [3.05, 3.63) is 30.1 Å². The fraction of sp³-hybridized carbons (Fsp3) is 0.308. The van der Waals surface area contributed by atoms with E-state index in [0.717, 1.165) is 18.5 Å². The molecule has 1 heterocycles.